The number of hydrogen-bond donors (Lipinski definition) is 2. The maximum Gasteiger partial charge on any atom is 0.240 e. The van der Waals surface area contributed by atoms with E-state index >= 15 is 0 Å². The maximum atomic E-state index is 12.7. The second-order valence-corrected chi connectivity index (χ2v) is 9.79. The third kappa shape index (κ3) is 4.12. The number of carbonyl (C=O) groups excluding carboxylic acids is 1. The number of carbonyl (C=O) groups is 1. The van der Waals surface area contributed by atoms with Crippen molar-refractivity contribution in [2.24, 2.45) is 23.7 Å². The minimum absolute atomic E-state index is 0.0416. The van der Waals surface area contributed by atoms with Crippen molar-refractivity contribution in [3.8, 4) is 0 Å². The third-order valence-corrected chi connectivity index (χ3v) is 7.84. The van der Waals surface area contributed by atoms with Gasteiger partial charge in [-0.1, -0.05) is 20.3 Å². The molecule has 2 aliphatic rings. The molecule has 2 fully saturated rings. The maximum absolute atomic E-state index is 12.7. The van der Waals surface area contributed by atoms with Crippen LogP contribution < -0.4 is 10.0 Å². The van der Waals surface area contributed by atoms with Crippen molar-refractivity contribution in [1.82, 2.24) is 4.72 Å². The summed E-state index contributed by atoms with van der Waals surface area (Å²) in [6.45, 7) is 5.82. The minimum atomic E-state index is -3.54. The van der Waals surface area contributed by atoms with Gasteiger partial charge >= 0.3 is 0 Å². The van der Waals surface area contributed by atoms with Crippen molar-refractivity contribution < 1.29 is 13.2 Å². The fraction of sp³-hybridized carbons (Fsp3) is 0.650. The molecule has 0 aromatic heterocycles. The Morgan fingerprint density at radius 3 is 2.38 bits per heavy atom. The topological polar surface area (TPSA) is 75.3 Å². The Hall–Kier alpha value is -1.40. The molecule has 0 radical (unpaired) electrons. The van der Waals surface area contributed by atoms with E-state index in [1.165, 1.54) is 19.3 Å². The lowest BCUT2D eigenvalue weighted by atomic mass is 9.84. The van der Waals surface area contributed by atoms with Crippen LogP contribution in [0.15, 0.2) is 29.2 Å². The smallest absolute Gasteiger partial charge is 0.240 e. The molecule has 26 heavy (non-hydrogen) atoms. The molecule has 2 saturated carbocycles. The standard InChI is InChI=1S/C20H30N2O3S/c1-4-13(2)20(23)21-17-7-9-18(10-8-17)26(24,25)22-14(3)19-12-15-5-6-16(19)11-15/h7-10,13-16,19,22H,4-6,11-12H2,1-3H3,(H,21,23). The quantitative estimate of drug-likeness (QED) is 0.758. The molecule has 0 saturated heterocycles. The zero-order chi connectivity index (χ0) is 18.9. The van der Waals surface area contributed by atoms with Gasteiger partial charge in [-0.25, -0.2) is 13.1 Å². The van der Waals surface area contributed by atoms with Crippen molar-refractivity contribution in [1.29, 1.82) is 0 Å². The summed E-state index contributed by atoms with van der Waals surface area (Å²) in [5.41, 5.74) is 0.621. The Labute approximate surface area is 157 Å². The first-order valence-corrected chi connectivity index (χ1v) is 11.2. The van der Waals surface area contributed by atoms with Crippen LogP contribution in [-0.4, -0.2) is 20.4 Å². The van der Waals surface area contributed by atoms with Crippen LogP contribution in [0.2, 0.25) is 0 Å². The number of sulfonamides is 1. The van der Waals surface area contributed by atoms with Crippen molar-refractivity contribution in [3.05, 3.63) is 24.3 Å². The Bertz CT molecular complexity index is 745. The van der Waals surface area contributed by atoms with Gasteiger partial charge in [0.2, 0.25) is 15.9 Å². The van der Waals surface area contributed by atoms with E-state index in [9.17, 15) is 13.2 Å². The van der Waals surface area contributed by atoms with Crippen LogP contribution in [-0.2, 0) is 14.8 Å². The molecule has 3 rings (SSSR count). The molecule has 2 N–H and O–H groups in total. The normalized spacial score (nSPS) is 27.3. The van der Waals surface area contributed by atoms with Gasteiger partial charge in [0.25, 0.3) is 0 Å². The molecule has 1 aromatic carbocycles. The monoisotopic (exact) mass is 378 g/mol. The van der Waals surface area contributed by atoms with Gasteiger partial charge in [-0.2, -0.15) is 0 Å². The van der Waals surface area contributed by atoms with E-state index < -0.39 is 10.0 Å². The van der Waals surface area contributed by atoms with Crippen LogP contribution in [0.25, 0.3) is 0 Å². The van der Waals surface area contributed by atoms with Crippen LogP contribution in [0.4, 0.5) is 5.69 Å². The summed E-state index contributed by atoms with van der Waals surface area (Å²) in [5.74, 6) is 1.81. The van der Waals surface area contributed by atoms with Crippen molar-refractivity contribution in [2.75, 3.05) is 5.32 Å². The highest BCUT2D eigenvalue weighted by atomic mass is 32.2. The molecule has 5 atom stereocenters. The second kappa shape index (κ2) is 7.69. The number of anilines is 1. The predicted octanol–water partition coefficient (Wildman–Crippen LogP) is 3.77. The second-order valence-electron chi connectivity index (χ2n) is 8.07. The fourth-order valence-corrected chi connectivity index (χ4v) is 5.77. The van der Waals surface area contributed by atoms with E-state index in [1.807, 2.05) is 20.8 Å². The molecule has 1 amide bonds. The number of benzene rings is 1. The summed E-state index contributed by atoms with van der Waals surface area (Å²) in [7, 11) is -3.54. The van der Waals surface area contributed by atoms with E-state index in [0.717, 1.165) is 18.8 Å². The summed E-state index contributed by atoms with van der Waals surface area (Å²) in [4.78, 5) is 12.2. The molecule has 2 aliphatic carbocycles. The number of amides is 1. The summed E-state index contributed by atoms with van der Waals surface area (Å²) >= 11 is 0. The number of nitrogens with one attached hydrogen (secondary N) is 2. The lowest BCUT2D eigenvalue weighted by Crippen LogP contribution is -2.40. The highest BCUT2D eigenvalue weighted by Gasteiger charge is 2.42. The first-order chi connectivity index (χ1) is 12.3. The van der Waals surface area contributed by atoms with Crippen LogP contribution in [0.3, 0.4) is 0 Å². The SMILES string of the molecule is CCC(C)C(=O)Nc1ccc(S(=O)(=O)NC(C)C2CC3CCC2C3)cc1. The van der Waals surface area contributed by atoms with E-state index in [4.69, 9.17) is 0 Å². The number of fused-ring (bicyclic) bond motifs is 2. The summed E-state index contributed by atoms with van der Waals surface area (Å²) in [5, 5.41) is 2.82. The lowest BCUT2D eigenvalue weighted by Gasteiger charge is -2.28. The van der Waals surface area contributed by atoms with Crippen molar-refractivity contribution in [2.45, 2.75) is 63.8 Å². The summed E-state index contributed by atoms with van der Waals surface area (Å²) in [6.07, 6.45) is 5.73. The van der Waals surface area contributed by atoms with Crippen LogP contribution in [0, 0.1) is 23.7 Å². The van der Waals surface area contributed by atoms with Crippen LogP contribution in [0.1, 0.15) is 52.9 Å². The van der Waals surface area contributed by atoms with E-state index in [0.29, 0.717) is 17.5 Å². The molecule has 0 heterocycles. The highest BCUT2D eigenvalue weighted by Crippen LogP contribution is 2.49. The van der Waals surface area contributed by atoms with E-state index in [-0.39, 0.29) is 22.8 Å². The van der Waals surface area contributed by atoms with Gasteiger partial charge in [0.1, 0.15) is 0 Å². The average Bonchev–Trinajstić information content (AvgIpc) is 3.24. The Morgan fingerprint density at radius 1 is 1.15 bits per heavy atom. The highest BCUT2D eigenvalue weighted by molar-refractivity contribution is 7.89. The number of hydrogen-bond acceptors (Lipinski definition) is 3. The minimum Gasteiger partial charge on any atom is -0.326 e. The molecule has 0 aliphatic heterocycles. The van der Waals surface area contributed by atoms with Crippen LogP contribution in [0.5, 0.6) is 0 Å². The molecule has 5 unspecified atom stereocenters. The zero-order valence-corrected chi connectivity index (χ0v) is 16.7. The van der Waals surface area contributed by atoms with E-state index in [1.54, 1.807) is 24.3 Å². The molecule has 0 spiro atoms. The van der Waals surface area contributed by atoms with Crippen LogP contribution >= 0.6 is 0 Å². The zero-order valence-electron chi connectivity index (χ0n) is 15.9. The van der Waals surface area contributed by atoms with Crippen molar-refractivity contribution >= 4 is 21.6 Å². The molecular weight excluding hydrogens is 348 g/mol. The van der Waals surface area contributed by atoms with Crippen molar-refractivity contribution in [3.63, 3.8) is 0 Å². The lowest BCUT2D eigenvalue weighted by molar-refractivity contribution is -0.119. The largest absolute Gasteiger partial charge is 0.326 e. The molecule has 2 bridgehead atoms. The average molecular weight is 379 g/mol. The molecule has 5 nitrogen and oxygen atoms in total. The Balaban J connectivity index is 1.63. The van der Waals surface area contributed by atoms with Gasteiger partial charge in [-0.05, 0) is 74.6 Å². The van der Waals surface area contributed by atoms with Gasteiger partial charge in [-0.15, -0.1) is 0 Å². The Morgan fingerprint density at radius 2 is 1.85 bits per heavy atom. The summed E-state index contributed by atoms with van der Waals surface area (Å²) in [6, 6.07) is 6.37. The number of rotatable bonds is 7. The van der Waals surface area contributed by atoms with Gasteiger partial charge < -0.3 is 5.32 Å². The molecular formula is C20H30N2O3S. The first kappa shape index (κ1) is 19.4. The fourth-order valence-electron chi connectivity index (χ4n) is 4.47. The molecule has 1 aromatic rings. The summed E-state index contributed by atoms with van der Waals surface area (Å²) < 4.78 is 28.3. The van der Waals surface area contributed by atoms with Gasteiger partial charge in [0.05, 0.1) is 4.90 Å². The van der Waals surface area contributed by atoms with Gasteiger partial charge in [-0.3, -0.25) is 4.79 Å². The predicted molar refractivity (Wildman–Crippen MR) is 103 cm³/mol. The first-order valence-electron chi connectivity index (χ1n) is 9.73. The van der Waals surface area contributed by atoms with E-state index in [2.05, 4.69) is 10.0 Å². The van der Waals surface area contributed by atoms with Gasteiger partial charge in [0, 0.05) is 17.6 Å². The third-order valence-electron chi connectivity index (χ3n) is 6.27. The molecule has 6 heteroatoms. The van der Waals surface area contributed by atoms with Gasteiger partial charge in [0.15, 0.2) is 0 Å². The Kier molecular flexibility index (Phi) is 5.72. The molecule has 144 valence electrons.